The number of anilines is 2. The summed E-state index contributed by atoms with van der Waals surface area (Å²) in [5, 5.41) is 0. The van der Waals surface area contributed by atoms with Gasteiger partial charge in [0.05, 0.1) is 30.0 Å². The van der Waals surface area contributed by atoms with Gasteiger partial charge in [0.15, 0.2) is 0 Å². The Morgan fingerprint density at radius 1 is 1.43 bits per heavy atom. The molecule has 2 rings (SSSR count). The van der Waals surface area contributed by atoms with Gasteiger partial charge in [-0.1, -0.05) is 6.07 Å². The second-order valence-electron chi connectivity index (χ2n) is 5.06. The summed E-state index contributed by atoms with van der Waals surface area (Å²) in [4.78, 5) is 13.2. The largest absolute Gasteiger partial charge is 0.465 e. The fourth-order valence-electron chi connectivity index (χ4n) is 2.58. The Labute approximate surface area is 120 Å². The van der Waals surface area contributed by atoms with Crippen molar-refractivity contribution in [3.8, 4) is 0 Å². The van der Waals surface area contributed by atoms with Gasteiger partial charge < -0.3 is 15.4 Å². The number of carbonyl (C=O) groups is 1. The van der Waals surface area contributed by atoms with Crippen molar-refractivity contribution in [2.45, 2.75) is 19.0 Å². The number of nitrogen functional groups attached to an aromatic ring is 1. The standard InChI is InChI=1S/C14H17F3N2O2/c1-21-13(20)10-5-2-6-11(12(10)18)19-7-3-4-9(8-19)14(15,16)17/h2,5-6,9H,3-4,7-8,18H2,1H3. The fraction of sp³-hybridized carbons (Fsp3) is 0.500. The quantitative estimate of drug-likeness (QED) is 0.674. The minimum Gasteiger partial charge on any atom is -0.465 e. The summed E-state index contributed by atoms with van der Waals surface area (Å²) in [5.41, 5.74) is 6.70. The molecule has 116 valence electrons. The summed E-state index contributed by atoms with van der Waals surface area (Å²) >= 11 is 0. The number of esters is 1. The summed E-state index contributed by atoms with van der Waals surface area (Å²) < 4.78 is 43.2. The maximum atomic E-state index is 12.9. The lowest BCUT2D eigenvalue weighted by Gasteiger charge is -2.36. The van der Waals surface area contributed by atoms with Crippen molar-refractivity contribution in [2.24, 2.45) is 5.92 Å². The molecule has 0 amide bonds. The van der Waals surface area contributed by atoms with Crippen LogP contribution in [-0.4, -0.2) is 32.3 Å². The van der Waals surface area contributed by atoms with Crippen molar-refractivity contribution < 1.29 is 22.7 Å². The molecule has 1 aliphatic rings. The minimum atomic E-state index is -4.21. The molecule has 2 N–H and O–H groups in total. The molecule has 1 aliphatic heterocycles. The second-order valence-corrected chi connectivity index (χ2v) is 5.06. The number of nitrogens with two attached hydrogens (primary N) is 1. The predicted octanol–water partition coefficient (Wildman–Crippen LogP) is 2.83. The van der Waals surface area contributed by atoms with E-state index in [-0.39, 0.29) is 24.2 Å². The maximum absolute atomic E-state index is 12.9. The summed E-state index contributed by atoms with van der Waals surface area (Å²) in [7, 11) is 1.23. The van der Waals surface area contributed by atoms with E-state index in [0.29, 0.717) is 18.7 Å². The number of hydrogen-bond donors (Lipinski definition) is 1. The maximum Gasteiger partial charge on any atom is 0.393 e. The smallest absolute Gasteiger partial charge is 0.393 e. The van der Waals surface area contributed by atoms with Crippen LogP contribution in [0.5, 0.6) is 0 Å². The number of rotatable bonds is 2. The van der Waals surface area contributed by atoms with Gasteiger partial charge in [-0.25, -0.2) is 4.79 Å². The van der Waals surface area contributed by atoms with Gasteiger partial charge in [0.2, 0.25) is 0 Å². The Hall–Kier alpha value is -1.92. The van der Waals surface area contributed by atoms with E-state index in [4.69, 9.17) is 5.73 Å². The lowest BCUT2D eigenvalue weighted by atomic mass is 9.96. The molecule has 0 spiro atoms. The van der Waals surface area contributed by atoms with Crippen LogP contribution in [-0.2, 0) is 4.74 Å². The van der Waals surface area contributed by atoms with Crippen molar-refractivity contribution in [1.29, 1.82) is 0 Å². The van der Waals surface area contributed by atoms with Gasteiger partial charge in [0.1, 0.15) is 0 Å². The lowest BCUT2D eigenvalue weighted by Crippen LogP contribution is -2.42. The SMILES string of the molecule is COC(=O)c1cccc(N2CCCC(C(F)(F)F)C2)c1N. The third-order valence-electron chi connectivity index (χ3n) is 3.71. The number of hydrogen-bond acceptors (Lipinski definition) is 4. The molecule has 1 fully saturated rings. The molecule has 0 aliphatic carbocycles. The Morgan fingerprint density at radius 2 is 2.14 bits per heavy atom. The Balaban J connectivity index is 2.28. The summed E-state index contributed by atoms with van der Waals surface area (Å²) in [6.45, 7) is 0.347. The molecule has 1 heterocycles. The first-order valence-corrected chi connectivity index (χ1v) is 6.63. The van der Waals surface area contributed by atoms with E-state index in [1.54, 1.807) is 17.0 Å². The van der Waals surface area contributed by atoms with E-state index in [9.17, 15) is 18.0 Å². The van der Waals surface area contributed by atoms with Crippen LogP contribution in [0.25, 0.3) is 0 Å². The number of benzene rings is 1. The number of nitrogens with zero attached hydrogens (tertiary/aromatic N) is 1. The van der Waals surface area contributed by atoms with Crippen molar-refractivity contribution >= 4 is 17.3 Å². The Kier molecular flexibility index (Phi) is 4.29. The number of halogens is 3. The lowest BCUT2D eigenvalue weighted by molar-refractivity contribution is -0.175. The fourth-order valence-corrected chi connectivity index (χ4v) is 2.58. The average Bonchev–Trinajstić information content (AvgIpc) is 2.46. The van der Waals surface area contributed by atoms with Gasteiger partial charge in [-0.2, -0.15) is 13.2 Å². The number of alkyl halides is 3. The van der Waals surface area contributed by atoms with E-state index in [1.807, 2.05) is 0 Å². The number of para-hydroxylation sites is 1. The van der Waals surface area contributed by atoms with Gasteiger partial charge in [-0.3, -0.25) is 0 Å². The summed E-state index contributed by atoms with van der Waals surface area (Å²) in [6, 6.07) is 4.71. The van der Waals surface area contributed by atoms with E-state index < -0.39 is 18.1 Å². The van der Waals surface area contributed by atoms with Crippen LogP contribution < -0.4 is 10.6 Å². The molecule has 21 heavy (non-hydrogen) atoms. The normalized spacial score (nSPS) is 19.4. The zero-order valence-corrected chi connectivity index (χ0v) is 11.6. The molecule has 1 unspecified atom stereocenters. The summed E-state index contributed by atoms with van der Waals surface area (Å²) in [5.74, 6) is -1.97. The molecule has 0 aromatic heterocycles. The van der Waals surface area contributed by atoms with Crippen LogP contribution in [0.15, 0.2) is 18.2 Å². The number of piperidine rings is 1. The van der Waals surface area contributed by atoms with Crippen molar-refractivity contribution in [2.75, 3.05) is 30.8 Å². The van der Waals surface area contributed by atoms with E-state index in [1.165, 1.54) is 13.2 Å². The zero-order valence-electron chi connectivity index (χ0n) is 11.6. The Morgan fingerprint density at radius 3 is 2.76 bits per heavy atom. The molecule has 0 radical (unpaired) electrons. The van der Waals surface area contributed by atoms with Gasteiger partial charge in [0.25, 0.3) is 0 Å². The highest BCUT2D eigenvalue weighted by Crippen LogP contribution is 2.37. The number of ether oxygens (including phenoxy) is 1. The zero-order chi connectivity index (χ0) is 15.6. The number of carbonyl (C=O) groups excluding carboxylic acids is 1. The molecule has 0 saturated carbocycles. The topological polar surface area (TPSA) is 55.6 Å². The summed E-state index contributed by atoms with van der Waals surface area (Å²) in [6.07, 6.45) is -3.66. The van der Waals surface area contributed by atoms with Crippen LogP contribution in [0.2, 0.25) is 0 Å². The highest BCUT2D eigenvalue weighted by molar-refractivity contribution is 5.98. The first kappa shape index (κ1) is 15.5. The molecule has 1 aromatic rings. The molecule has 4 nitrogen and oxygen atoms in total. The van der Waals surface area contributed by atoms with E-state index >= 15 is 0 Å². The molecular weight excluding hydrogens is 285 g/mol. The van der Waals surface area contributed by atoms with Crippen molar-refractivity contribution in [1.82, 2.24) is 0 Å². The van der Waals surface area contributed by atoms with Crippen molar-refractivity contribution in [3.63, 3.8) is 0 Å². The van der Waals surface area contributed by atoms with Crippen LogP contribution in [0.1, 0.15) is 23.2 Å². The number of methoxy groups -OCH3 is 1. The van der Waals surface area contributed by atoms with E-state index in [2.05, 4.69) is 4.74 Å². The van der Waals surface area contributed by atoms with Gasteiger partial charge in [-0.15, -0.1) is 0 Å². The molecule has 1 saturated heterocycles. The minimum absolute atomic E-state index is 0.122. The van der Waals surface area contributed by atoms with Crippen LogP contribution >= 0.6 is 0 Å². The molecular formula is C14H17F3N2O2. The van der Waals surface area contributed by atoms with Gasteiger partial charge >= 0.3 is 12.1 Å². The highest BCUT2D eigenvalue weighted by atomic mass is 19.4. The molecule has 1 atom stereocenters. The van der Waals surface area contributed by atoms with Crippen molar-refractivity contribution in [3.05, 3.63) is 23.8 Å². The van der Waals surface area contributed by atoms with Gasteiger partial charge in [-0.05, 0) is 25.0 Å². The monoisotopic (exact) mass is 302 g/mol. The Bertz CT molecular complexity index is 531. The van der Waals surface area contributed by atoms with E-state index in [0.717, 1.165) is 0 Å². The van der Waals surface area contributed by atoms with Gasteiger partial charge in [0, 0.05) is 13.1 Å². The van der Waals surface area contributed by atoms with Crippen LogP contribution in [0.3, 0.4) is 0 Å². The molecule has 0 bridgehead atoms. The molecule has 7 heteroatoms. The van der Waals surface area contributed by atoms with Crippen LogP contribution in [0, 0.1) is 5.92 Å². The first-order chi connectivity index (χ1) is 9.84. The average molecular weight is 302 g/mol. The third-order valence-corrected chi connectivity index (χ3v) is 3.71. The first-order valence-electron chi connectivity index (χ1n) is 6.63. The molecule has 1 aromatic carbocycles. The second kappa shape index (κ2) is 5.83. The van der Waals surface area contributed by atoms with Crippen LogP contribution in [0.4, 0.5) is 24.5 Å². The third kappa shape index (κ3) is 3.22. The highest BCUT2D eigenvalue weighted by Gasteiger charge is 2.42. The predicted molar refractivity (Wildman–Crippen MR) is 73.2 cm³/mol.